The third-order valence-electron chi connectivity index (χ3n) is 3.39. The van der Waals surface area contributed by atoms with Crippen molar-refractivity contribution in [2.45, 2.75) is 49.5 Å². The van der Waals surface area contributed by atoms with Crippen LogP contribution in [0.4, 0.5) is 0 Å². The molecule has 0 radical (unpaired) electrons. The van der Waals surface area contributed by atoms with Crippen LogP contribution in [-0.4, -0.2) is 14.0 Å². The minimum atomic E-state index is -3.37. The van der Waals surface area contributed by atoms with Gasteiger partial charge < -0.3 is 0 Å². The van der Waals surface area contributed by atoms with Gasteiger partial charge in [-0.3, -0.25) is 0 Å². The molecule has 0 bridgehead atoms. The van der Waals surface area contributed by atoms with E-state index in [9.17, 15) is 8.42 Å². The molecular formula is C13H19NO2S. The van der Waals surface area contributed by atoms with Gasteiger partial charge in [-0.25, -0.2) is 13.1 Å². The monoisotopic (exact) mass is 253 g/mol. The largest absolute Gasteiger partial charge is 0.241 e. The van der Waals surface area contributed by atoms with E-state index >= 15 is 0 Å². The molecule has 1 aromatic rings. The summed E-state index contributed by atoms with van der Waals surface area (Å²) in [7, 11) is -3.37. The van der Waals surface area contributed by atoms with Gasteiger partial charge in [0.15, 0.2) is 0 Å². The van der Waals surface area contributed by atoms with Gasteiger partial charge in [0.2, 0.25) is 10.0 Å². The molecule has 1 N–H and O–H groups in total. The lowest BCUT2D eigenvalue weighted by molar-refractivity contribution is 0.294. The summed E-state index contributed by atoms with van der Waals surface area (Å²) in [4.78, 5) is 0.354. The Morgan fingerprint density at radius 2 is 1.65 bits per heavy atom. The molecule has 0 atom stereocenters. The lowest BCUT2D eigenvalue weighted by Gasteiger charge is -2.34. The lowest BCUT2D eigenvalue weighted by atomic mass is 9.84. The van der Waals surface area contributed by atoms with Crippen LogP contribution < -0.4 is 4.72 Å². The molecule has 0 aromatic heterocycles. The summed E-state index contributed by atoms with van der Waals surface area (Å²) in [6.07, 6.45) is 5.28. The van der Waals surface area contributed by atoms with Crippen molar-refractivity contribution >= 4 is 10.0 Å². The van der Waals surface area contributed by atoms with E-state index in [4.69, 9.17) is 0 Å². The zero-order chi connectivity index (χ0) is 12.4. The predicted octanol–water partition coefficient (Wildman–Crippen LogP) is 2.69. The molecule has 1 aliphatic rings. The fourth-order valence-electron chi connectivity index (χ4n) is 2.42. The minimum absolute atomic E-state index is 0.271. The molecule has 1 aromatic carbocycles. The van der Waals surface area contributed by atoms with Gasteiger partial charge in [0.25, 0.3) is 0 Å². The molecular weight excluding hydrogens is 234 g/mol. The van der Waals surface area contributed by atoms with Crippen LogP contribution in [0.1, 0.15) is 39.0 Å². The van der Waals surface area contributed by atoms with Crippen molar-refractivity contribution in [3.05, 3.63) is 30.3 Å². The van der Waals surface area contributed by atoms with Gasteiger partial charge in [0.05, 0.1) is 4.90 Å². The molecule has 1 aliphatic carbocycles. The first-order chi connectivity index (χ1) is 8.02. The number of nitrogens with one attached hydrogen (secondary N) is 1. The number of sulfonamides is 1. The first-order valence-corrected chi connectivity index (χ1v) is 7.59. The highest BCUT2D eigenvalue weighted by Gasteiger charge is 2.31. The Morgan fingerprint density at radius 1 is 1.06 bits per heavy atom. The molecule has 0 spiro atoms. The van der Waals surface area contributed by atoms with Crippen LogP contribution in [-0.2, 0) is 10.0 Å². The van der Waals surface area contributed by atoms with E-state index in [0.29, 0.717) is 4.90 Å². The zero-order valence-electron chi connectivity index (χ0n) is 10.1. The highest BCUT2D eigenvalue weighted by atomic mass is 32.2. The standard InChI is InChI=1S/C13H19NO2S/c1-13(10-6-3-7-11-13)14-17(15,16)12-8-4-2-5-9-12/h2,4-5,8-9,14H,3,6-7,10-11H2,1H3. The van der Waals surface area contributed by atoms with Crippen molar-refractivity contribution in [2.75, 3.05) is 0 Å². The third kappa shape index (κ3) is 3.07. The van der Waals surface area contributed by atoms with Crippen LogP contribution in [0.5, 0.6) is 0 Å². The SMILES string of the molecule is CC1(NS(=O)(=O)c2ccccc2)CCCCC1. The third-order valence-corrected chi connectivity index (χ3v) is 5.05. The summed E-state index contributed by atoms with van der Waals surface area (Å²) in [5, 5.41) is 0. The fraction of sp³-hybridized carbons (Fsp3) is 0.538. The van der Waals surface area contributed by atoms with Crippen LogP contribution in [0, 0.1) is 0 Å². The fourth-order valence-corrected chi connectivity index (χ4v) is 3.90. The number of benzene rings is 1. The molecule has 0 unspecified atom stereocenters. The predicted molar refractivity (Wildman–Crippen MR) is 68.3 cm³/mol. The van der Waals surface area contributed by atoms with Crippen LogP contribution in [0.25, 0.3) is 0 Å². The Hall–Kier alpha value is -0.870. The molecule has 94 valence electrons. The van der Waals surface area contributed by atoms with Gasteiger partial charge in [-0.15, -0.1) is 0 Å². The van der Waals surface area contributed by atoms with Gasteiger partial charge in [-0.1, -0.05) is 37.5 Å². The second-order valence-corrected chi connectivity index (χ2v) is 6.72. The summed E-state index contributed by atoms with van der Waals surface area (Å²) in [5.41, 5.74) is -0.271. The normalized spacial score (nSPS) is 20.1. The van der Waals surface area contributed by atoms with E-state index in [-0.39, 0.29) is 5.54 Å². The molecule has 0 saturated heterocycles. The topological polar surface area (TPSA) is 46.2 Å². The Balaban J connectivity index is 2.17. The van der Waals surface area contributed by atoms with Crippen molar-refractivity contribution < 1.29 is 8.42 Å². The maximum absolute atomic E-state index is 12.2. The molecule has 1 fully saturated rings. The first kappa shape index (κ1) is 12.6. The van der Waals surface area contributed by atoms with E-state index < -0.39 is 10.0 Å². The first-order valence-electron chi connectivity index (χ1n) is 6.11. The second kappa shape index (κ2) is 4.78. The van der Waals surface area contributed by atoms with Gasteiger partial charge in [0.1, 0.15) is 0 Å². The summed E-state index contributed by atoms with van der Waals surface area (Å²) >= 11 is 0. The maximum atomic E-state index is 12.2. The Kier molecular flexibility index (Phi) is 3.54. The van der Waals surface area contributed by atoms with Gasteiger partial charge >= 0.3 is 0 Å². The highest BCUT2D eigenvalue weighted by molar-refractivity contribution is 7.89. The Morgan fingerprint density at radius 3 is 2.24 bits per heavy atom. The van der Waals surface area contributed by atoms with Crippen LogP contribution in [0.2, 0.25) is 0 Å². The van der Waals surface area contributed by atoms with Crippen LogP contribution >= 0.6 is 0 Å². The highest BCUT2D eigenvalue weighted by Crippen LogP contribution is 2.29. The summed E-state index contributed by atoms with van der Waals surface area (Å²) in [6.45, 7) is 2.01. The van der Waals surface area contributed by atoms with Crippen LogP contribution in [0.15, 0.2) is 35.2 Å². The van der Waals surface area contributed by atoms with Crippen molar-refractivity contribution in [1.29, 1.82) is 0 Å². The minimum Gasteiger partial charge on any atom is -0.207 e. The average Bonchev–Trinajstić information content (AvgIpc) is 2.30. The van der Waals surface area contributed by atoms with Crippen molar-refractivity contribution in [2.24, 2.45) is 0 Å². The number of hydrogen-bond acceptors (Lipinski definition) is 2. The number of rotatable bonds is 3. The maximum Gasteiger partial charge on any atom is 0.241 e. The van der Waals surface area contributed by atoms with Crippen LogP contribution in [0.3, 0.4) is 0 Å². The van der Waals surface area contributed by atoms with E-state index in [1.54, 1.807) is 24.3 Å². The molecule has 0 amide bonds. The molecule has 2 rings (SSSR count). The molecule has 4 heteroatoms. The van der Waals surface area contributed by atoms with Gasteiger partial charge in [0, 0.05) is 5.54 Å². The van der Waals surface area contributed by atoms with Crippen molar-refractivity contribution in [3.8, 4) is 0 Å². The number of hydrogen-bond donors (Lipinski definition) is 1. The van der Waals surface area contributed by atoms with Crippen molar-refractivity contribution in [3.63, 3.8) is 0 Å². The van der Waals surface area contributed by atoms with E-state index in [1.165, 1.54) is 6.42 Å². The van der Waals surface area contributed by atoms with E-state index in [2.05, 4.69) is 4.72 Å². The average molecular weight is 253 g/mol. The quantitative estimate of drug-likeness (QED) is 0.900. The summed E-state index contributed by atoms with van der Waals surface area (Å²) in [6, 6.07) is 8.58. The Bertz CT molecular complexity index is 461. The van der Waals surface area contributed by atoms with Crippen molar-refractivity contribution in [1.82, 2.24) is 4.72 Å². The van der Waals surface area contributed by atoms with Gasteiger partial charge in [-0.2, -0.15) is 0 Å². The molecule has 0 heterocycles. The van der Waals surface area contributed by atoms with E-state index in [0.717, 1.165) is 25.7 Å². The van der Waals surface area contributed by atoms with E-state index in [1.807, 2.05) is 13.0 Å². The smallest absolute Gasteiger partial charge is 0.207 e. The molecule has 17 heavy (non-hydrogen) atoms. The molecule has 0 aliphatic heterocycles. The lowest BCUT2D eigenvalue weighted by Crippen LogP contribution is -2.47. The molecule has 3 nitrogen and oxygen atoms in total. The van der Waals surface area contributed by atoms with Gasteiger partial charge in [-0.05, 0) is 31.9 Å². The Labute approximate surface area is 103 Å². The molecule has 1 saturated carbocycles. The summed E-state index contributed by atoms with van der Waals surface area (Å²) < 4.78 is 27.2. The summed E-state index contributed by atoms with van der Waals surface area (Å²) in [5.74, 6) is 0. The second-order valence-electron chi connectivity index (χ2n) is 5.04. The zero-order valence-corrected chi connectivity index (χ0v) is 11.0.